The standard InChI is InChI=1S/C15H20ClN3S/c1-17-13(8-7-12-9-18-19(2)10-12)11-20-15-6-4-3-5-14(15)16/h3-6,9-10,13,17H,7-8,11H2,1-2H3. The molecule has 0 amide bonds. The Morgan fingerprint density at radius 2 is 2.20 bits per heavy atom. The topological polar surface area (TPSA) is 29.9 Å². The Bertz CT molecular complexity index is 541. The molecular weight excluding hydrogens is 290 g/mol. The molecule has 0 aliphatic rings. The average Bonchev–Trinajstić information content (AvgIpc) is 2.86. The molecule has 1 aromatic carbocycles. The summed E-state index contributed by atoms with van der Waals surface area (Å²) in [6.07, 6.45) is 6.16. The zero-order valence-electron chi connectivity index (χ0n) is 11.8. The van der Waals surface area contributed by atoms with E-state index in [2.05, 4.69) is 22.7 Å². The normalized spacial score (nSPS) is 12.6. The van der Waals surface area contributed by atoms with Gasteiger partial charge < -0.3 is 5.32 Å². The van der Waals surface area contributed by atoms with Crippen LogP contribution in [0.1, 0.15) is 12.0 Å². The Hall–Kier alpha value is -0.970. The van der Waals surface area contributed by atoms with Crippen LogP contribution in [0.15, 0.2) is 41.6 Å². The van der Waals surface area contributed by atoms with Gasteiger partial charge in [-0.3, -0.25) is 4.68 Å². The van der Waals surface area contributed by atoms with Crippen LogP contribution in [0, 0.1) is 0 Å². The van der Waals surface area contributed by atoms with E-state index in [1.54, 1.807) is 11.8 Å². The zero-order valence-corrected chi connectivity index (χ0v) is 13.4. The van der Waals surface area contributed by atoms with E-state index in [0.717, 1.165) is 28.5 Å². The number of thioether (sulfide) groups is 1. The lowest BCUT2D eigenvalue weighted by Gasteiger charge is -2.15. The molecule has 5 heteroatoms. The van der Waals surface area contributed by atoms with Crippen LogP contribution in [-0.2, 0) is 13.5 Å². The molecule has 0 bridgehead atoms. The van der Waals surface area contributed by atoms with Crippen molar-refractivity contribution in [3.05, 3.63) is 47.2 Å². The second-order valence-corrected chi connectivity index (χ2v) is 6.26. The van der Waals surface area contributed by atoms with Gasteiger partial charge in [-0.15, -0.1) is 11.8 Å². The van der Waals surface area contributed by atoms with Gasteiger partial charge in [-0.25, -0.2) is 0 Å². The Morgan fingerprint density at radius 1 is 1.40 bits per heavy atom. The molecule has 0 aliphatic carbocycles. The summed E-state index contributed by atoms with van der Waals surface area (Å²) in [5.41, 5.74) is 1.29. The molecule has 1 heterocycles. The van der Waals surface area contributed by atoms with Crippen LogP contribution >= 0.6 is 23.4 Å². The summed E-state index contributed by atoms with van der Waals surface area (Å²) in [6, 6.07) is 8.47. The fourth-order valence-electron chi connectivity index (χ4n) is 2.01. The maximum Gasteiger partial charge on any atom is 0.0541 e. The van der Waals surface area contributed by atoms with Crippen molar-refractivity contribution in [2.45, 2.75) is 23.8 Å². The van der Waals surface area contributed by atoms with Gasteiger partial charge in [-0.1, -0.05) is 23.7 Å². The van der Waals surface area contributed by atoms with Crippen molar-refractivity contribution in [1.82, 2.24) is 15.1 Å². The minimum Gasteiger partial charge on any atom is -0.316 e. The van der Waals surface area contributed by atoms with Gasteiger partial charge >= 0.3 is 0 Å². The maximum absolute atomic E-state index is 6.17. The number of halogens is 1. The molecule has 20 heavy (non-hydrogen) atoms. The molecule has 0 saturated carbocycles. The highest BCUT2D eigenvalue weighted by Gasteiger charge is 2.09. The summed E-state index contributed by atoms with van der Waals surface area (Å²) in [5, 5.41) is 8.41. The number of nitrogens with one attached hydrogen (secondary N) is 1. The highest BCUT2D eigenvalue weighted by atomic mass is 35.5. The van der Waals surface area contributed by atoms with Crippen molar-refractivity contribution in [3.63, 3.8) is 0 Å². The van der Waals surface area contributed by atoms with Crippen LogP contribution in [0.4, 0.5) is 0 Å². The number of rotatable bonds is 7. The van der Waals surface area contributed by atoms with Crippen LogP contribution in [0.2, 0.25) is 5.02 Å². The number of benzene rings is 1. The van der Waals surface area contributed by atoms with E-state index in [1.165, 1.54) is 5.56 Å². The third-order valence-corrected chi connectivity index (χ3v) is 4.90. The van der Waals surface area contributed by atoms with Gasteiger partial charge in [0.2, 0.25) is 0 Å². The van der Waals surface area contributed by atoms with Crippen LogP contribution in [-0.4, -0.2) is 28.6 Å². The van der Waals surface area contributed by atoms with E-state index in [4.69, 9.17) is 11.6 Å². The smallest absolute Gasteiger partial charge is 0.0541 e. The number of hydrogen-bond donors (Lipinski definition) is 1. The summed E-state index contributed by atoms with van der Waals surface area (Å²) in [4.78, 5) is 1.15. The Labute approximate surface area is 129 Å². The first-order chi connectivity index (χ1) is 9.69. The Balaban J connectivity index is 1.82. The van der Waals surface area contributed by atoms with Crippen LogP contribution < -0.4 is 5.32 Å². The zero-order chi connectivity index (χ0) is 14.4. The van der Waals surface area contributed by atoms with Crippen molar-refractivity contribution in [2.75, 3.05) is 12.8 Å². The Morgan fingerprint density at radius 3 is 2.85 bits per heavy atom. The minimum atomic E-state index is 0.469. The van der Waals surface area contributed by atoms with Gasteiger partial charge in [0.05, 0.1) is 11.2 Å². The van der Waals surface area contributed by atoms with E-state index < -0.39 is 0 Å². The summed E-state index contributed by atoms with van der Waals surface area (Å²) < 4.78 is 1.85. The molecule has 0 radical (unpaired) electrons. The summed E-state index contributed by atoms with van der Waals surface area (Å²) in [5.74, 6) is 1.01. The van der Waals surface area contributed by atoms with Crippen LogP contribution in [0.3, 0.4) is 0 Å². The highest BCUT2D eigenvalue weighted by molar-refractivity contribution is 7.99. The first-order valence-corrected chi connectivity index (χ1v) is 8.07. The van der Waals surface area contributed by atoms with Crippen molar-refractivity contribution in [1.29, 1.82) is 0 Å². The molecule has 0 fully saturated rings. The van der Waals surface area contributed by atoms with E-state index in [0.29, 0.717) is 6.04 Å². The van der Waals surface area contributed by atoms with Gasteiger partial charge in [-0.2, -0.15) is 5.10 Å². The van der Waals surface area contributed by atoms with Gasteiger partial charge in [0.1, 0.15) is 0 Å². The third kappa shape index (κ3) is 4.54. The maximum atomic E-state index is 6.17. The SMILES string of the molecule is CNC(CCc1cnn(C)c1)CSc1ccccc1Cl. The summed E-state index contributed by atoms with van der Waals surface area (Å²) in [6.45, 7) is 0. The fourth-order valence-corrected chi connectivity index (χ4v) is 3.40. The molecule has 1 aromatic heterocycles. The predicted molar refractivity (Wildman–Crippen MR) is 86.6 cm³/mol. The lowest BCUT2D eigenvalue weighted by Crippen LogP contribution is -2.28. The largest absolute Gasteiger partial charge is 0.316 e. The molecule has 2 rings (SSSR count). The van der Waals surface area contributed by atoms with E-state index in [1.807, 2.05) is 43.2 Å². The molecule has 1 unspecified atom stereocenters. The molecule has 2 aromatic rings. The van der Waals surface area contributed by atoms with Crippen molar-refractivity contribution in [3.8, 4) is 0 Å². The van der Waals surface area contributed by atoms with Gasteiger partial charge in [0.15, 0.2) is 0 Å². The first kappa shape index (κ1) is 15.4. The first-order valence-electron chi connectivity index (χ1n) is 6.71. The van der Waals surface area contributed by atoms with Crippen molar-refractivity contribution >= 4 is 23.4 Å². The number of aryl methyl sites for hydroxylation is 2. The summed E-state index contributed by atoms with van der Waals surface area (Å²) in [7, 11) is 3.97. The highest BCUT2D eigenvalue weighted by Crippen LogP contribution is 2.27. The van der Waals surface area contributed by atoms with E-state index in [-0.39, 0.29) is 0 Å². The fraction of sp³-hybridized carbons (Fsp3) is 0.400. The van der Waals surface area contributed by atoms with Crippen molar-refractivity contribution < 1.29 is 0 Å². The minimum absolute atomic E-state index is 0.469. The predicted octanol–water partition coefficient (Wildman–Crippen LogP) is 3.39. The van der Waals surface area contributed by atoms with Gasteiger partial charge in [0.25, 0.3) is 0 Å². The van der Waals surface area contributed by atoms with E-state index in [9.17, 15) is 0 Å². The molecular formula is C15H20ClN3S. The molecule has 0 saturated heterocycles. The molecule has 1 atom stereocenters. The second-order valence-electron chi connectivity index (χ2n) is 4.79. The molecule has 0 aliphatic heterocycles. The number of hydrogen-bond acceptors (Lipinski definition) is 3. The summed E-state index contributed by atoms with van der Waals surface area (Å²) >= 11 is 7.98. The lowest BCUT2D eigenvalue weighted by atomic mass is 10.1. The number of nitrogens with zero attached hydrogens (tertiary/aromatic N) is 2. The van der Waals surface area contributed by atoms with Crippen molar-refractivity contribution in [2.24, 2.45) is 7.05 Å². The Kier molecular flexibility index (Phi) is 5.95. The lowest BCUT2D eigenvalue weighted by molar-refractivity contribution is 0.572. The quantitative estimate of drug-likeness (QED) is 0.795. The number of aromatic nitrogens is 2. The third-order valence-electron chi connectivity index (χ3n) is 3.22. The molecule has 1 N–H and O–H groups in total. The molecule has 3 nitrogen and oxygen atoms in total. The van der Waals surface area contributed by atoms with Crippen LogP contribution in [0.25, 0.3) is 0 Å². The monoisotopic (exact) mass is 309 g/mol. The average molecular weight is 310 g/mol. The van der Waals surface area contributed by atoms with Gasteiger partial charge in [0, 0.05) is 29.9 Å². The van der Waals surface area contributed by atoms with Gasteiger partial charge in [-0.05, 0) is 37.6 Å². The second kappa shape index (κ2) is 7.72. The molecule has 108 valence electrons. The van der Waals surface area contributed by atoms with E-state index >= 15 is 0 Å². The molecule has 0 spiro atoms. The van der Waals surface area contributed by atoms with Crippen LogP contribution in [0.5, 0.6) is 0 Å².